The van der Waals surface area contributed by atoms with E-state index < -0.39 is 0 Å². The Labute approximate surface area is 142 Å². The lowest BCUT2D eigenvalue weighted by molar-refractivity contribution is 0.216. The van der Waals surface area contributed by atoms with Gasteiger partial charge in [-0.15, -0.1) is 0 Å². The summed E-state index contributed by atoms with van der Waals surface area (Å²) in [7, 11) is 0. The zero-order valence-electron chi connectivity index (χ0n) is 13.5. The summed E-state index contributed by atoms with van der Waals surface area (Å²) in [5, 5.41) is 3.98. The molecule has 22 heavy (non-hydrogen) atoms. The van der Waals surface area contributed by atoms with Gasteiger partial charge in [-0.3, -0.25) is 10.9 Å². The standard InChI is InChI=1S/C18H28BrN3/c1-14-16(13-21-22-14)12-20-18(9-3-2-4-10-18)11-15-5-7-17(19)8-6-15/h5-8,14,16,20-22H,2-4,9-13H2,1H3. The van der Waals surface area contributed by atoms with Crippen molar-refractivity contribution in [1.29, 1.82) is 0 Å². The average molecular weight is 366 g/mol. The normalized spacial score (nSPS) is 27.9. The van der Waals surface area contributed by atoms with Gasteiger partial charge in [0.1, 0.15) is 0 Å². The van der Waals surface area contributed by atoms with Gasteiger partial charge >= 0.3 is 0 Å². The van der Waals surface area contributed by atoms with Crippen LogP contribution in [0.5, 0.6) is 0 Å². The number of benzene rings is 1. The van der Waals surface area contributed by atoms with E-state index in [1.165, 1.54) is 42.1 Å². The minimum Gasteiger partial charge on any atom is -0.311 e. The van der Waals surface area contributed by atoms with Crippen LogP contribution in [0.3, 0.4) is 0 Å². The first-order chi connectivity index (χ1) is 10.7. The fourth-order valence-electron chi connectivity index (χ4n) is 3.88. The van der Waals surface area contributed by atoms with Gasteiger partial charge in [0.05, 0.1) is 0 Å². The summed E-state index contributed by atoms with van der Waals surface area (Å²) in [6.45, 7) is 4.45. The number of nitrogens with one attached hydrogen (secondary N) is 3. The van der Waals surface area contributed by atoms with Crippen LogP contribution in [0.15, 0.2) is 28.7 Å². The monoisotopic (exact) mass is 365 g/mol. The van der Waals surface area contributed by atoms with Crippen LogP contribution in [0, 0.1) is 5.92 Å². The summed E-state index contributed by atoms with van der Waals surface area (Å²) in [5.74, 6) is 0.684. The van der Waals surface area contributed by atoms with Crippen molar-refractivity contribution in [2.45, 2.75) is 57.0 Å². The van der Waals surface area contributed by atoms with Gasteiger partial charge in [0.15, 0.2) is 0 Å². The van der Waals surface area contributed by atoms with Gasteiger partial charge in [0.2, 0.25) is 0 Å². The molecule has 2 atom stereocenters. The quantitative estimate of drug-likeness (QED) is 0.748. The van der Waals surface area contributed by atoms with Gasteiger partial charge < -0.3 is 5.32 Å². The summed E-state index contributed by atoms with van der Waals surface area (Å²) >= 11 is 3.54. The maximum atomic E-state index is 3.98. The van der Waals surface area contributed by atoms with E-state index in [1.807, 2.05) is 0 Å². The number of rotatable bonds is 5. The molecule has 1 aliphatic carbocycles. The fourth-order valence-corrected chi connectivity index (χ4v) is 4.14. The van der Waals surface area contributed by atoms with Crippen molar-refractivity contribution < 1.29 is 0 Å². The average Bonchev–Trinajstić information content (AvgIpc) is 2.94. The Morgan fingerprint density at radius 3 is 2.55 bits per heavy atom. The van der Waals surface area contributed by atoms with Crippen LogP contribution in [0.25, 0.3) is 0 Å². The van der Waals surface area contributed by atoms with Gasteiger partial charge in [-0.2, -0.15) is 0 Å². The number of hydrogen-bond acceptors (Lipinski definition) is 3. The van der Waals surface area contributed by atoms with Gasteiger partial charge in [0.25, 0.3) is 0 Å². The van der Waals surface area contributed by atoms with Crippen LogP contribution in [0.1, 0.15) is 44.6 Å². The molecule has 2 unspecified atom stereocenters. The lowest BCUT2D eigenvalue weighted by Crippen LogP contribution is -2.51. The van der Waals surface area contributed by atoms with E-state index >= 15 is 0 Å². The molecule has 122 valence electrons. The molecule has 1 saturated carbocycles. The molecule has 2 aliphatic rings. The van der Waals surface area contributed by atoms with Crippen molar-refractivity contribution in [1.82, 2.24) is 16.2 Å². The van der Waals surface area contributed by atoms with E-state index in [1.54, 1.807) is 0 Å². The molecule has 3 N–H and O–H groups in total. The first kappa shape index (κ1) is 16.4. The summed E-state index contributed by atoms with van der Waals surface area (Å²) < 4.78 is 1.17. The Balaban J connectivity index is 1.66. The second kappa shape index (κ2) is 7.43. The maximum Gasteiger partial charge on any atom is 0.0237 e. The molecule has 0 radical (unpaired) electrons. The van der Waals surface area contributed by atoms with Crippen molar-refractivity contribution in [2.24, 2.45) is 5.92 Å². The maximum absolute atomic E-state index is 3.98. The molecule has 1 aromatic carbocycles. The molecule has 0 spiro atoms. The Morgan fingerprint density at radius 1 is 1.18 bits per heavy atom. The Hall–Kier alpha value is -0.420. The number of hydrazine groups is 1. The van der Waals surface area contributed by atoms with E-state index in [0.29, 0.717) is 17.5 Å². The first-order valence-corrected chi connectivity index (χ1v) is 9.44. The van der Waals surface area contributed by atoms with Crippen molar-refractivity contribution >= 4 is 15.9 Å². The molecular weight excluding hydrogens is 338 g/mol. The zero-order valence-corrected chi connectivity index (χ0v) is 15.1. The smallest absolute Gasteiger partial charge is 0.0237 e. The second-order valence-electron chi connectivity index (χ2n) is 7.10. The second-order valence-corrected chi connectivity index (χ2v) is 8.01. The lowest BCUT2D eigenvalue weighted by atomic mass is 9.77. The molecule has 3 nitrogen and oxygen atoms in total. The third kappa shape index (κ3) is 4.10. The summed E-state index contributed by atoms with van der Waals surface area (Å²) in [6.07, 6.45) is 7.89. The molecule has 1 aliphatic heterocycles. The lowest BCUT2D eigenvalue weighted by Gasteiger charge is -2.40. The predicted octanol–water partition coefficient (Wildman–Crippen LogP) is 3.40. The molecule has 2 fully saturated rings. The van der Waals surface area contributed by atoms with Crippen LogP contribution in [0.4, 0.5) is 0 Å². The highest BCUT2D eigenvalue weighted by molar-refractivity contribution is 9.10. The van der Waals surface area contributed by atoms with Crippen molar-refractivity contribution in [3.8, 4) is 0 Å². The van der Waals surface area contributed by atoms with E-state index in [2.05, 4.69) is 63.3 Å². The SMILES string of the molecule is CC1NNCC1CNC1(Cc2ccc(Br)cc2)CCCCC1. The summed E-state index contributed by atoms with van der Waals surface area (Å²) in [4.78, 5) is 0. The van der Waals surface area contributed by atoms with E-state index in [-0.39, 0.29) is 0 Å². The fraction of sp³-hybridized carbons (Fsp3) is 0.667. The zero-order chi connectivity index (χ0) is 15.4. The van der Waals surface area contributed by atoms with E-state index in [9.17, 15) is 0 Å². The molecule has 0 bridgehead atoms. The molecule has 1 saturated heterocycles. The van der Waals surface area contributed by atoms with Gasteiger partial charge in [-0.1, -0.05) is 47.3 Å². The third-order valence-electron chi connectivity index (χ3n) is 5.41. The Kier molecular flexibility index (Phi) is 5.55. The molecule has 0 aromatic heterocycles. The summed E-state index contributed by atoms with van der Waals surface area (Å²) in [6, 6.07) is 9.42. The van der Waals surface area contributed by atoms with E-state index in [4.69, 9.17) is 0 Å². The molecule has 3 rings (SSSR count). The number of hydrogen-bond donors (Lipinski definition) is 3. The van der Waals surface area contributed by atoms with Crippen molar-refractivity contribution in [3.05, 3.63) is 34.3 Å². The molecule has 1 heterocycles. The third-order valence-corrected chi connectivity index (χ3v) is 5.94. The molecule has 1 aromatic rings. The van der Waals surface area contributed by atoms with Crippen molar-refractivity contribution in [3.63, 3.8) is 0 Å². The van der Waals surface area contributed by atoms with Gasteiger partial charge in [-0.25, -0.2) is 0 Å². The Bertz CT molecular complexity index is 468. The first-order valence-electron chi connectivity index (χ1n) is 8.65. The van der Waals surface area contributed by atoms with Crippen LogP contribution in [0.2, 0.25) is 0 Å². The highest BCUT2D eigenvalue weighted by Gasteiger charge is 2.33. The largest absolute Gasteiger partial charge is 0.311 e. The minimum atomic E-state index is 0.300. The van der Waals surface area contributed by atoms with Gasteiger partial charge in [-0.05, 0) is 43.9 Å². The van der Waals surface area contributed by atoms with Crippen molar-refractivity contribution in [2.75, 3.05) is 13.1 Å². The minimum absolute atomic E-state index is 0.300. The highest BCUT2D eigenvalue weighted by Crippen LogP contribution is 2.32. The van der Waals surface area contributed by atoms with E-state index in [0.717, 1.165) is 19.5 Å². The van der Waals surface area contributed by atoms with Crippen LogP contribution in [-0.2, 0) is 6.42 Å². The predicted molar refractivity (Wildman–Crippen MR) is 95.8 cm³/mol. The molecule has 0 amide bonds. The van der Waals surface area contributed by atoms with Crippen LogP contribution < -0.4 is 16.2 Å². The summed E-state index contributed by atoms with van der Waals surface area (Å²) in [5.41, 5.74) is 8.37. The van der Waals surface area contributed by atoms with Gasteiger partial charge in [0, 0.05) is 35.1 Å². The van der Waals surface area contributed by atoms with Crippen LogP contribution >= 0.6 is 15.9 Å². The topological polar surface area (TPSA) is 36.1 Å². The molecule has 4 heteroatoms. The number of halogens is 1. The highest BCUT2D eigenvalue weighted by atomic mass is 79.9. The Morgan fingerprint density at radius 2 is 1.91 bits per heavy atom. The molecular formula is C18H28BrN3. The van der Waals surface area contributed by atoms with Crippen LogP contribution in [-0.4, -0.2) is 24.7 Å².